The van der Waals surface area contributed by atoms with Crippen LogP contribution in [0.25, 0.3) is 0 Å². The Kier molecular flexibility index (Phi) is 5.39. The second-order valence-electron chi connectivity index (χ2n) is 12.0. The molecule has 4 saturated carbocycles. The smallest absolute Gasteiger partial charge is 0.255 e. The van der Waals surface area contributed by atoms with Crippen LogP contribution in [-0.4, -0.2) is 34.2 Å². The molecule has 2 aromatic rings. The Hall–Kier alpha value is -3.19. The Balaban J connectivity index is 0.981. The summed E-state index contributed by atoms with van der Waals surface area (Å²) in [6.07, 6.45) is 7.73. The van der Waals surface area contributed by atoms with Gasteiger partial charge in [-0.1, -0.05) is 30.3 Å². The summed E-state index contributed by atoms with van der Waals surface area (Å²) in [5.41, 5.74) is 5.38. The molecule has 2 heterocycles. The molecule has 7 heteroatoms. The summed E-state index contributed by atoms with van der Waals surface area (Å²) in [6.45, 7) is 1.97. The Bertz CT molecular complexity index is 1260. The Morgan fingerprint density at radius 3 is 2.38 bits per heavy atom. The number of fused-ring (bicyclic) bond motifs is 1. The minimum atomic E-state index is -0.597. The van der Waals surface area contributed by atoms with Gasteiger partial charge in [-0.25, -0.2) is 0 Å². The molecule has 2 aromatic carbocycles. The normalized spacial score (nSPS) is 31.7. The number of hydrogen-bond donors (Lipinski definition) is 3. The molecule has 4 bridgehead atoms. The number of benzene rings is 2. The van der Waals surface area contributed by atoms with Crippen LogP contribution < -0.4 is 16.0 Å². The zero-order valence-corrected chi connectivity index (χ0v) is 21.1. The number of anilines is 1. The summed E-state index contributed by atoms with van der Waals surface area (Å²) in [5.74, 6) is 2.02. The third kappa shape index (κ3) is 3.95. The van der Waals surface area contributed by atoms with E-state index in [1.54, 1.807) is 4.90 Å². The summed E-state index contributed by atoms with van der Waals surface area (Å²) in [7, 11) is 0. The number of amides is 3. The molecule has 0 spiro atoms. The lowest BCUT2D eigenvalue weighted by molar-refractivity contribution is -0.136. The number of carbonyl (C=O) groups is 3. The Morgan fingerprint density at radius 2 is 1.65 bits per heavy atom. The van der Waals surface area contributed by atoms with Crippen LogP contribution in [0.2, 0.25) is 0 Å². The van der Waals surface area contributed by atoms with E-state index in [9.17, 15) is 14.4 Å². The third-order valence-corrected chi connectivity index (χ3v) is 9.72. The third-order valence-electron chi connectivity index (χ3n) is 9.72. The van der Waals surface area contributed by atoms with Gasteiger partial charge in [0.1, 0.15) is 6.04 Å². The molecular weight excluding hydrogens is 464 g/mol. The maximum atomic E-state index is 13.1. The predicted octanol–water partition coefficient (Wildman–Crippen LogP) is 3.73. The molecule has 4 aliphatic carbocycles. The molecule has 8 rings (SSSR count). The van der Waals surface area contributed by atoms with Crippen molar-refractivity contribution in [3.8, 4) is 0 Å². The molecule has 37 heavy (non-hydrogen) atoms. The van der Waals surface area contributed by atoms with Gasteiger partial charge in [0.25, 0.3) is 5.91 Å². The molecular formula is C30H34N4O3. The zero-order chi connectivity index (χ0) is 25.1. The molecule has 7 nitrogen and oxygen atoms in total. The quantitative estimate of drug-likeness (QED) is 0.506. The van der Waals surface area contributed by atoms with Crippen molar-refractivity contribution in [2.24, 2.45) is 17.8 Å². The van der Waals surface area contributed by atoms with Crippen molar-refractivity contribution < 1.29 is 14.4 Å². The fourth-order valence-electron chi connectivity index (χ4n) is 8.09. The van der Waals surface area contributed by atoms with Gasteiger partial charge < -0.3 is 15.5 Å². The van der Waals surface area contributed by atoms with E-state index in [0.29, 0.717) is 30.6 Å². The Morgan fingerprint density at radius 1 is 0.919 bits per heavy atom. The van der Waals surface area contributed by atoms with Gasteiger partial charge in [-0.2, -0.15) is 0 Å². The predicted molar refractivity (Wildman–Crippen MR) is 139 cm³/mol. The van der Waals surface area contributed by atoms with E-state index in [1.165, 1.54) is 43.2 Å². The van der Waals surface area contributed by atoms with E-state index in [4.69, 9.17) is 0 Å². The van der Waals surface area contributed by atoms with E-state index in [-0.39, 0.29) is 24.1 Å². The largest absolute Gasteiger partial charge is 0.381 e. The van der Waals surface area contributed by atoms with Crippen molar-refractivity contribution in [1.82, 2.24) is 15.5 Å². The number of hydrogen-bond acceptors (Lipinski definition) is 5. The van der Waals surface area contributed by atoms with Crippen molar-refractivity contribution >= 4 is 23.4 Å². The monoisotopic (exact) mass is 498 g/mol. The number of imide groups is 1. The van der Waals surface area contributed by atoms with Crippen LogP contribution in [0.3, 0.4) is 0 Å². The summed E-state index contributed by atoms with van der Waals surface area (Å²) in [4.78, 5) is 38.5. The number of carbonyl (C=O) groups excluding carboxylic acids is 3. The van der Waals surface area contributed by atoms with E-state index in [1.807, 2.05) is 18.2 Å². The molecule has 1 saturated heterocycles. The fourth-order valence-corrected chi connectivity index (χ4v) is 8.09. The first-order valence-electron chi connectivity index (χ1n) is 13.8. The topological polar surface area (TPSA) is 90.5 Å². The highest BCUT2D eigenvalue weighted by molar-refractivity contribution is 6.06. The maximum absolute atomic E-state index is 13.1. The molecule has 3 amide bonds. The van der Waals surface area contributed by atoms with Crippen molar-refractivity contribution in [2.45, 2.75) is 76.2 Å². The van der Waals surface area contributed by atoms with Crippen molar-refractivity contribution in [1.29, 1.82) is 0 Å². The summed E-state index contributed by atoms with van der Waals surface area (Å²) in [6, 6.07) is 13.9. The van der Waals surface area contributed by atoms with Gasteiger partial charge in [0, 0.05) is 48.4 Å². The van der Waals surface area contributed by atoms with Crippen LogP contribution in [0.15, 0.2) is 42.5 Å². The average molecular weight is 499 g/mol. The fraction of sp³-hybridized carbons (Fsp3) is 0.500. The minimum Gasteiger partial charge on any atom is -0.381 e. The van der Waals surface area contributed by atoms with Crippen molar-refractivity contribution in [3.63, 3.8) is 0 Å². The van der Waals surface area contributed by atoms with Gasteiger partial charge in [0.05, 0.1) is 0 Å². The van der Waals surface area contributed by atoms with Crippen molar-refractivity contribution in [3.05, 3.63) is 64.7 Å². The van der Waals surface area contributed by atoms with Gasteiger partial charge in [0.15, 0.2) is 0 Å². The lowest BCUT2D eigenvalue weighted by atomic mass is 9.80. The number of nitrogens with zero attached hydrogens (tertiary/aromatic N) is 1. The van der Waals surface area contributed by atoms with Gasteiger partial charge in [0.2, 0.25) is 11.8 Å². The first kappa shape index (κ1) is 23.0. The molecule has 2 aliphatic heterocycles. The van der Waals surface area contributed by atoms with Crippen LogP contribution in [0.1, 0.15) is 72.0 Å². The lowest BCUT2D eigenvalue weighted by Crippen LogP contribution is -2.52. The van der Waals surface area contributed by atoms with Crippen LogP contribution in [0.4, 0.5) is 5.69 Å². The lowest BCUT2D eigenvalue weighted by Gasteiger charge is -2.34. The van der Waals surface area contributed by atoms with E-state index >= 15 is 0 Å². The van der Waals surface area contributed by atoms with Crippen LogP contribution in [-0.2, 0) is 29.2 Å². The number of nitrogens with one attached hydrogen (secondary N) is 3. The highest BCUT2D eigenvalue weighted by atomic mass is 16.2. The van der Waals surface area contributed by atoms with Gasteiger partial charge in [-0.15, -0.1) is 0 Å². The maximum Gasteiger partial charge on any atom is 0.255 e. The summed E-state index contributed by atoms with van der Waals surface area (Å²) in [5, 5.41) is 9.86. The van der Waals surface area contributed by atoms with E-state index in [2.05, 4.69) is 40.2 Å². The van der Waals surface area contributed by atoms with Gasteiger partial charge >= 0.3 is 0 Å². The van der Waals surface area contributed by atoms with Crippen LogP contribution >= 0.6 is 0 Å². The number of piperidine rings is 1. The SMILES string of the molecule is O=C1CCC(N2Cc3c(NCc4ccc(CNC56CC7CC(CC5C7)C6)cc4)cccc3C2=O)C(=O)N1. The second-order valence-corrected chi connectivity index (χ2v) is 12.0. The summed E-state index contributed by atoms with van der Waals surface area (Å²) < 4.78 is 0. The Labute approximate surface area is 217 Å². The molecule has 3 atom stereocenters. The average Bonchev–Trinajstić information content (AvgIpc) is 3.44. The number of rotatable bonds is 7. The summed E-state index contributed by atoms with van der Waals surface area (Å²) >= 11 is 0. The molecule has 5 fully saturated rings. The second kappa shape index (κ2) is 8.69. The highest BCUT2D eigenvalue weighted by Gasteiger charge is 2.57. The van der Waals surface area contributed by atoms with E-state index in [0.717, 1.165) is 35.5 Å². The molecule has 6 aliphatic rings. The van der Waals surface area contributed by atoms with Crippen LogP contribution in [0.5, 0.6) is 0 Å². The van der Waals surface area contributed by atoms with Gasteiger partial charge in [-0.05, 0) is 79.5 Å². The van der Waals surface area contributed by atoms with Crippen molar-refractivity contribution in [2.75, 3.05) is 5.32 Å². The highest BCUT2D eigenvalue weighted by Crippen LogP contribution is 2.60. The molecule has 0 radical (unpaired) electrons. The standard InChI is InChI=1S/C30H34N4O3/c35-27-9-8-26(28(36)33-27)34-17-24-23(29(34)37)2-1-3-25(24)31-15-18-4-6-19(7-5-18)16-32-30-13-20-10-21(14-30)12-22(30)11-20/h1-7,20-22,26,31-32H,8-17H2,(H,33,35,36). The first-order valence-corrected chi connectivity index (χ1v) is 13.8. The molecule has 0 aromatic heterocycles. The molecule has 3 unspecified atom stereocenters. The zero-order valence-electron chi connectivity index (χ0n) is 21.1. The molecule has 3 N–H and O–H groups in total. The molecule has 192 valence electrons. The van der Waals surface area contributed by atoms with Gasteiger partial charge in [-0.3, -0.25) is 19.7 Å². The van der Waals surface area contributed by atoms with Crippen LogP contribution in [0, 0.1) is 17.8 Å². The first-order chi connectivity index (χ1) is 18.0. The minimum absolute atomic E-state index is 0.145. The van der Waals surface area contributed by atoms with E-state index < -0.39 is 6.04 Å².